The summed E-state index contributed by atoms with van der Waals surface area (Å²) in [6.45, 7) is 2.49. The third-order valence-electron chi connectivity index (χ3n) is 5.29. The van der Waals surface area contributed by atoms with Gasteiger partial charge < -0.3 is 25.0 Å². The van der Waals surface area contributed by atoms with E-state index in [2.05, 4.69) is 9.97 Å². The first-order valence-corrected chi connectivity index (χ1v) is 9.99. The maximum absolute atomic E-state index is 12.3. The van der Waals surface area contributed by atoms with Gasteiger partial charge in [-0.1, -0.05) is 17.7 Å². The maximum atomic E-state index is 12.3. The summed E-state index contributed by atoms with van der Waals surface area (Å²) in [4.78, 5) is 25.3. The summed E-state index contributed by atoms with van der Waals surface area (Å²) >= 11 is 6.45. The standard InChI is InChI=1S/C20H24ClN5O3/c1-28-14-11-13-16(17(21)18(14)29-2)19(22)24-20(23-13)26-9-7-25(8-10-26)15(27)6-5-12-3-4-12/h5-6,11-12H,3-4,7-10H2,1-2H3,(H2,22,23,24). The number of nitrogens with zero attached hydrogens (tertiary/aromatic N) is 4. The van der Waals surface area contributed by atoms with Crippen molar-refractivity contribution in [1.29, 1.82) is 0 Å². The molecule has 1 saturated carbocycles. The molecule has 1 saturated heterocycles. The summed E-state index contributed by atoms with van der Waals surface area (Å²) < 4.78 is 10.7. The Hall–Kier alpha value is -2.74. The average Bonchev–Trinajstić information content (AvgIpc) is 3.56. The molecule has 0 spiro atoms. The number of amides is 1. The number of benzene rings is 1. The molecule has 2 aromatic rings. The van der Waals surface area contributed by atoms with Crippen LogP contribution in [0, 0.1) is 5.92 Å². The van der Waals surface area contributed by atoms with Crippen molar-refractivity contribution in [2.45, 2.75) is 12.8 Å². The topological polar surface area (TPSA) is 93.8 Å². The molecule has 0 bridgehead atoms. The highest BCUT2D eigenvalue weighted by Gasteiger charge is 2.25. The fourth-order valence-corrected chi connectivity index (χ4v) is 3.81. The van der Waals surface area contributed by atoms with Crippen molar-refractivity contribution in [3.63, 3.8) is 0 Å². The first-order valence-electron chi connectivity index (χ1n) is 9.61. The van der Waals surface area contributed by atoms with E-state index >= 15 is 0 Å². The third-order valence-corrected chi connectivity index (χ3v) is 5.66. The highest BCUT2D eigenvalue weighted by atomic mass is 35.5. The Labute approximate surface area is 174 Å². The molecule has 9 heteroatoms. The van der Waals surface area contributed by atoms with E-state index in [-0.39, 0.29) is 11.7 Å². The average molecular weight is 418 g/mol. The van der Waals surface area contributed by atoms with Gasteiger partial charge in [0.15, 0.2) is 11.5 Å². The minimum atomic E-state index is 0.0686. The van der Waals surface area contributed by atoms with Crippen molar-refractivity contribution >= 4 is 40.2 Å². The molecule has 2 fully saturated rings. The smallest absolute Gasteiger partial charge is 0.246 e. The first-order chi connectivity index (χ1) is 14.0. The first kappa shape index (κ1) is 19.6. The predicted octanol–water partition coefficient (Wildman–Crippen LogP) is 2.50. The maximum Gasteiger partial charge on any atom is 0.246 e. The highest BCUT2D eigenvalue weighted by Crippen LogP contribution is 2.42. The summed E-state index contributed by atoms with van der Waals surface area (Å²) in [7, 11) is 3.06. The minimum Gasteiger partial charge on any atom is -0.493 e. The zero-order chi connectivity index (χ0) is 20.5. The third kappa shape index (κ3) is 3.89. The van der Waals surface area contributed by atoms with Gasteiger partial charge in [-0.15, -0.1) is 0 Å². The number of anilines is 2. The minimum absolute atomic E-state index is 0.0686. The molecule has 0 unspecified atom stereocenters. The van der Waals surface area contributed by atoms with Gasteiger partial charge in [0.1, 0.15) is 5.82 Å². The second kappa shape index (κ2) is 7.94. The number of nitrogen functional groups attached to an aromatic ring is 1. The van der Waals surface area contributed by atoms with Crippen molar-refractivity contribution in [3.05, 3.63) is 23.2 Å². The van der Waals surface area contributed by atoms with Crippen molar-refractivity contribution in [1.82, 2.24) is 14.9 Å². The van der Waals surface area contributed by atoms with Gasteiger partial charge in [-0.05, 0) is 24.8 Å². The van der Waals surface area contributed by atoms with Crippen LogP contribution in [0.2, 0.25) is 5.02 Å². The number of piperazine rings is 1. The van der Waals surface area contributed by atoms with Crippen molar-refractivity contribution in [2.75, 3.05) is 51.0 Å². The number of methoxy groups -OCH3 is 2. The fraction of sp³-hybridized carbons (Fsp3) is 0.450. The lowest BCUT2D eigenvalue weighted by molar-refractivity contribution is -0.126. The molecule has 1 aromatic heterocycles. The predicted molar refractivity (Wildman–Crippen MR) is 113 cm³/mol. The van der Waals surface area contributed by atoms with E-state index in [1.54, 1.807) is 19.3 Å². The van der Waals surface area contributed by atoms with E-state index in [0.717, 1.165) is 0 Å². The number of fused-ring (bicyclic) bond motifs is 1. The number of hydrogen-bond donors (Lipinski definition) is 1. The molecule has 1 amide bonds. The van der Waals surface area contributed by atoms with Gasteiger partial charge in [-0.3, -0.25) is 4.79 Å². The number of rotatable bonds is 5. The van der Waals surface area contributed by atoms with E-state index in [1.165, 1.54) is 20.0 Å². The zero-order valence-electron chi connectivity index (χ0n) is 16.5. The Bertz CT molecular complexity index is 968. The van der Waals surface area contributed by atoms with Gasteiger partial charge in [0.25, 0.3) is 0 Å². The largest absolute Gasteiger partial charge is 0.493 e. The van der Waals surface area contributed by atoms with Crippen molar-refractivity contribution in [3.8, 4) is 11.5 Å². The van der Waals surface area contributed by atoms with Gasteiger partial charge in [-0.2, -0.15) is 4.98 Å². The molecule has 154 valence electrons. The lowest BCUT2D eigenvalue weighted by atomic mass is 10.2. The SMILES string of the molecule is COc1cc2nc(N3CCN(C(=O)C=CC4CC4)CC3)nc(N)c2c(Cl)c1OC. The monoisotopic (exact) mass is 417 g/mol. The van der Waals surface area contributed by atoms with E-state index < -0.39 is 0 Å². The Morgan fingerprint density at radius 1 is 1.21 bits per heavy atom. The molecule has 8 nitrogen and oxygen atoms in total. The molecule has 2 N–H and O–H groups in total. The van der Waals surface area contributed by atoms with Gasteiger partial charge in [-0.25, -0.2) is 4.98 Å². The second-order valence-corrected chi connectivity index (χ2v) is 7.62. The van der Waals surface area contributed by atoms with Crippen LogP contribution >= 0.6 is 11.6 Å². The lowest BCUT2D eigenvalue weighted by Crippen LogP contribution is -2.48. The highest BCUT2D eigenvalue weighted by molar-refractivity contribution is 6.38. The summed E-state index contributed by atoms with van der Waals surface area (Å²) in [6.07, 6.45) is 6.12. The quantitative estimate of drug-likeness (QED) is 0.747. The molecule has 29 heavy (non-hydrogen) atoms. The van der Waals surface area contributed by atoms with Crippen LogP contribution in [-0.2, 0) is 4.79 Å². The van der Waals surface area contributed by atoms with E-state index in [9.17, 15) is 4.79 Å². The van der Waals surface area contributed by atoms with Crippen molar-refractivity contribution in [2.24, 2.45) is 5.92 Å². The zero-order valence-corrected chi connectivity index (χ0v) is 17.3. The Morgan fingerprint density at radius 2 is 1.93 bits per heavy atom. The van der Waals surface area contributed by atoms with E-state index in [1.807, 2.05) is 15.9 Å². The lowest BCUT2D eigenvalue weighted by Gasteiger charge is -2.34. The van der Waals surface area contributed by atoms with Crippen LogP contribution in [-0.4, -0.2) is 61.2 Å². The number of halogens is 1. The van der Waals surface area contributed by atoms with Crippen LogP contribution in [0.25, 0.3) is 10.9 Å². The molecule has 1 aromatic carbocycles. The number of aromatic nitrogens is 2. The summed E-state index contributed by atoms with van der Waals surface area (Å²) in [5.41, 5.74) is 6.78. The number of hydrogen-bond acceptors (Lipinski definition) is 7. The van der Waals surface area contributed by atoms with Crippen LogP contribution in [0.5, 0.6) is 11.5 Å². The number of nitrogens with two attached hydrogens (primary N) is 1. The van der Waals surface area contributed by atoms with Crippen LogP contribution in [0.4, 0.5) is 11.8 Å². The van der Waals surface area contributed by atoms with Crippen molar-refractivity contribution < 1.29 is 14.3 Å². The molecular formula is C20H24ClN5O3. The Balaban J connectivity index is 1.54. The van der Waals surface area contributed by atoms with Gasteiger partial charge >= 0.3 is 0 Å². The Morgan fingerprint density at radius 3 is 2.55 bits per heavy atom. The Kier molecular flexibility index (Phi) is 5.36. The summed E-state index contributed by atoms with van der Waals surface area (Å²) in [5, 5.41) is 0.857. The molecule has 0 atom stereocenters. The van der Waals surface area contributed by atoms with Gasteiger partial charge in [0.05, 0.1) is 30.1 Å². The van der Waals surface area contributed by atoms with Gasteiger partial charge in [0.2, 0.25) is 11.9 Å². The van der Waals surface area contributed by atoms with E-state index in [4.69, 9.17) is 26.8 Å². The second-order valence-electron chi connectivity index (χ2n) is 7.24. The number of allylic oxidation sites excluding steroid dienone is 1. The number of ether oxygens (including phenoxy) is 2. The van der Waals surface area contributed by atoms with Crippen LogP contribution in [0.3, 0.4) is 0 Å². The molecule has 2 aliphatic rings. The van der Waals surface area contributed by atoms with Crippen LogP contribution in [0.1, 0.15) is 12.8 Å². The normalized spacial score (nSPS) is 17.2. The van der Waals surface area contributed by atoms with Crippen LogP contribution < -0.4 is 20.1 Å². The molecule has 2 heterocycles. The molecule has 1 aliphatic heterocycles. The number of carbonyl (C=O) groups excluding carboxylic acids is 1. The summed E-state index contributed by atoms with van der Waals surface area (Å²) in [5.74, 6) is 2.33. The van der Waals surface area contributed by atoms with Gasteiger partial charge in [0, 0.05) is 32.2 Å². The molecule has 4 rings (SSSR count). The molecule has 1 aliphatic carbocycles. The summed E-state index contributed by atoms with van der Waals surface area (Å²) in [6, 6.07) is 1.74. The fourth-order valence-electron chi connectivity index (χ4n) is 3.45. The molecular weight excluding hydrogens is 394 g/mol. The van der Waals surface area contributed by atoms with E-state index in [0.29, 0.717) is 65.5 Å². The molecule has 0 radical (unpaired) electrons. The number of carbonyl (C=O) groups is 1. The van der Waals surface area contributed by atoms with Crippen LogP contribution in [0.15, 0.2) is 18.2 Å².